The van der Waals surface area contributed by atoms with Gasteiger partial charge in [0.05, 0.1) is 12.6 Å². The Morgan fingerprint density at radius 2 is 1.41 bits per heavy atom. The number of ketones is 1. The van der Waals surface area contributed by atoms with Gasteiger partial charge < -0.3 is 24.2 Å². The van der Waals surface area contributed by atoms with Crippen LogP contribution >= 0.6 is 0 Å². The van der Waals surface area contributed by atoms with Crippen LogP contribution in [-0.2, 0) is 30.7 Å². The third-order valence-corrected chi connectivity index (χ3v) is 1.82. The molecule has 1 atom stereocenters. The van der Waals surface area contributed by atoms with E-state index in [-0.39, 0.29) is 52.6 Å². The molecule has 0 aromatic rings. The fourth-order valence-electron chi connectivity index (χ4n) is 0.632. The van der Waals surface area contributed by atoms with Crippen molar-refractivity contribution < 1.29 is 30.7 Å². The van der Waals surface area contributed by atoms with Crippen molar-refractivity contribution in [3.63, 3.8) is 0 Å². The number of nitrogens with two attached hydrogens (primary N) is 2. The molecule has 0 spiro atoms. The average molecular weight is 490 g/mol. The zero-order valence-electron chi connectivity index (χ0n) is 16.2. The topological polar surface area (TPSA) is 98.2 Å². The second-order valence-electron chi connectivity index (χ2n) is 3.98. The Morgan fingerprint density at radius 1 is 1.09 bits per heavy atom. The van der Waals surface area contributed by atoms with Gasteiger partial charge in [0.15, 0.2) is 0 Å². The van der Waals surface area contributed by atoms with Gasteiger partial charge in [-0.3, -0.25) is 9.59 Å². The van der Waals surface area contributed by atoms with Gasteiger partial charge >= 0.3 is 0 Å². The Bertz CT molecular complexity index is 212. The summed E-state index contributed by atoms with van der Waals surface area (Å²) in [5, 5.41) is 2.45. The first kappa shape index (κ1) is 37.8. The van der Waals surface area contributed by atoms with Crippen molar-refractivity contribution in [3.8, 4) is 0 Å². The van der Waals surface area contributed by atoms with E-state index in [1.54, 1.807) is 0 Å². The molecular formula is C16H40N3O2W-. The number of amides is 1. The van der Waals surface area contributed by atoms with Gasteiger partial charge in [-0.05, 0) is 25.8 Å². The van der Waals surface area contributed by atoms with Gasteiger partial charge in [-0.25, -0.2) is 0 Å². The Hall–Kier alpha value is -0.252. The van der Waals surface area contributed by atoms with E-state index in [2.05, 4.69) is 12.2 Å². The second-order valence-corrected chi connectivity index (χ2v) is 3.98. The van der Waals surface area contributed by atoms with Crippen LogP contribution in [0.5, 0.6) is 0 Å². The van der Waals surface area contributed by atoms with E-state index in [4.69, 9.17) is 11.5 Å². The van der Waals surface area contributed by atoms with Gasteiger partial charge in [0, 0.05) is 21.1 Å². The predicted molar refractivity (Wildman–Crippen MR) is 95.0 cm³/mol. The van der Waals surface area contributed by atoms with E-state index in [1.807, 2.05) is 41.5 Å². The minimum Gasteiger partial charge on any atom is -0.358 e. The van der Waals surface area contributed by atoms with Crippen molar-refractivity contribution in [2.24, 2.45) is 17.4 Å². The van der Waals surface area contributed by atoms with Crippen molar-refractivity contribution in [2.45, 2.75) is 67.9 Å². The molecule has 1 amide bonds. The minimum absolute atomic E-state index is 0. The van der Waals surface area contributed by atoms with Crippen molar-refractivity contribution >= 4 is 11.7 Å². The Morgan fingerprint density at radius 3 is 1.59 bits per heavy atom. The minimum atomic E-state index is -0.524. The van der Waals surface area contributed by atoms with E-state index < -0.39 is 6.04 Å². The molecule has 5 N–H and O–H groups in total. The molecule has 0 saturated heterocycles. The summed E-state index contributed by atoms with van der Waals surface area (Å²) in [5.41, 5.74) is 10.6. The first-order valence-electron chi connectivity index (χ1n) is 7.59. The molecule has 5 nitrogen and oxygen atoms in total. The number of hydrogen-bond donors (Lipinski definition) is 3. The van der Waals surface area contributed by atoms with Crippen LogP contribution in [0, 0.1) is 13.3 Å². The SMILES string of the molecule is CC.CC.CC(=O)CNC(=O)C(N)C(C)C.CCCN.[CH3-].[W]. The number of rotatable bonds is 5. The van der Waals surface area contributed by atoms with Gasteiger partial charge in [0.2, 0.25) is 5.91 Å². The Kier molecular flexibility index (Phi) is 56.0. The molecule has 1 unspecified atom stereocenters. The van der Waals surface area contributed by atoms with Crippen LogP contribution in [0.4, 0.5) is 0 Å². The maximum atomic E-state index is 11.1. The predicted octanol–water partition coefficient (Wildman–Crippen LogP) is 2.53. The fraction of sp³-hybridized carbons (Fsp3) is 0.812. The molecule has 0 heterocycles. The summed E-state index contributed by atoms with van der Waals surface area (Å²) in [7, 11) is 0. The third-order valence-electron chi connectivity index (χ3n) is 1.82. The molecule has 0 aromatic heterocycles. The standard InChI is InChI=1S/C8H16N2O2.C3H9N.2C2H6.CH3.W/c1-5(2)7(9)8(12)10-4-6(3)11;1-2-3-4;2*1-2;;/h5,7H,4,9H2,1-3H3,(H,10,12);2-4H2,1H3;2*1-2H3;1H3;/q;;;;-1;. The number of carbonyl (C=O) groups excluding carboxylic acids is 2. The van der Waals surface area contributed by atoms with Crippen LogP contribution in [-0.4, -0.2) is 30.8 Å². The van der Waals surface area contributed by atoms with Gasteiger partial charge in [-0.1, -0.05) is 48.5 Å². The summed E-state index contributed by atoms with van der Waals surface area (Å²) >= 11 is 0. The second kappa shape index (κ2) is 32.6. The molecule has 0 bridgehead atoms. The van der Waals surface area contributed by atoms with E-state index >= 15 is 0 Å². The first-order valence-corrected chi connectivity index (χ1v) is 7.59. The quantitative estimate of drug-likeness (QED) is 0.516. The maximum Gasteiger partial charge on any atom is 0.237 e. The third kappa shape index (κ3) is 36.7. The molecule has 0 aliphatic carbocycles. The number of nitrogens with one attached hydrogen (secondary N) is 1. The number of Topliss-reactive ketones (excluding diaryl/α,β-unsaturated/α-hetero) is 1. The van der Waals surface area contributed by atoms with Gasteiger partial charge in [0.25, 0.3) is 0 Å². The van der Waals surface area contributed by atoms with E-state index in [9.17, 15) is 9.59 Å². The fourth-order valence-corrected chi connectivity index (χ4v) is 0.632. The Balaban J connectivity index is -0.0000000547. The summed E-state index contributed by atoms with van der Waals surface area (Å²) in [6.07, 6.45) is 1.10. The monoisotopic (exact) mass is 490 g/mol. The van der Waals surface area contributed by atoms with Crippen LogP contribution in [0.15, 0.2) is 0 Å². The van der Waals surface area contributed by atoms with Crippen LogP contribution < -0.4 is 16.8 Å². The van der Waals surface area contributed by atoms with Crippen LogP contribution in [0.1, 0.15) is 61.8 Å². The zero-order valence-corrected chi connectivity index (χ0v) is 19.1. The molecule has 138 valence electrons. The van der Waals surface area contributed by atoms with E-state index in [1.165, 1.54) is 6.92 Å². The molecule has 0 aliphatic heterocycles. The average Bonchev–Trinajstić information content (AvgIpc) is 2.48. The van der Waals surface area contributed by atoms with Crippen LogP contribution in [0.2, 0.25) is 0 Å². The number of hydrogen-bond acceptors (Lipinski definition) is 4. The largest absolute Gasteiger partial charge is 0.358 e. The van der Waals surface area contributed by atoms with Gasteiger partial charge in [-0.2, -0.15) is 0 Å². The summed E-state index contributed by atoms with van der Waals surface area (Å²) < 4.78 is 0. The normalized spacial score (nSPS) is 8.86. The van der Waals surface area contributed by atoms with Crippen LogP contribution in [0.25, 0.3) is 0 Å². The number of carbonyl (C=O) groups is 2. The van der Waals surface area contributed by atoms with Gasteiger partial charge in [0.1, 0.15) is 5.78 Å². The van der Waals surface area contributed by atoms with Crippen molar-refractivity contribution in [3.05, 3.63) is 7.43 Å². The van der Waals surface area contributed by atoms with Crippen LogP contribution in [0.3, 0.4) is 0 Å². The smallest absolute Gasteiger partial charge is 0.237 e. The van der Waals surface area contributed by atoms with Crippen molar-refractivity contribution in [2.75, 3.05) is 13.1 Å². The molecule has 6 heteroatoms. The van der Waals surface area contributed by atoms with Crippen molar-refractivity contribution in [1.29, 1.82) is 0 Å². The Labute approximate surface area is 153 Å². The molecule has 0 rings (SSSR count). The maximum absolute atomic E-state index is 11.1. The van der Waals surface area contributed by atoms with Crippen molar-refractivity contribution in [1.82, 2.24) is 5.32 Å². The van der Waals surface area contributed by atoms with Gasteiger partial charge in [-0.15, -0.1) is 0 Å². The summed E-state index contributed by atoms with van der Waals surface area (Å²) in [5.74, 6) is -0.239. The molecule has 0 fully saturated rings. The molecule has 0 saturated carbocycles. The molecular weight excluding hydrogens is 450 g/mol. The molecule has 0 aromatic carbocycles. The summed E-state index contributed by atoms with van der Waals surface area (Å²) in [4.78, 5) is 21.6. The summed E-state index contributed by atoms with van der Waals surface area (Å²) in [6, 6.07) is -0.524. The zero-order chi connectivity index (χ0) is 17.1. The molecule has 0 radical (unpaired) electrons. The summed E-state index contributed by atoms with van der Waals surface area (Å²) in [6.45, 7) is 16.1. The molecule has 22 heavy (non-hydrogen) atoms. The first-order chi connectivity index (χ1) is 9.36. The molecule has 0 aliphatic rings. The van der Waals surface area contributed by atoms with E-state index in [0.717, 1.165) is 13.0 Å². The van der Waals surface area contributed by atoms with E-state index in [0.29, 0.717) is 0 Å².